The highest BCUT2D eigenvalue weighted by Crippen LogP contribution is 2.39. The normalized spacial score (nSPS) is 19.5. The van der Waals surface area contributed by atoms with Crippen molar-refractivity contribution in [1.29, 1.82) is 0 Å². The summed E-state index contributed by atoms with van der Waals surface area (Å²) >= 11 is 1.57. The molecule has 2 amide bonds. The van der Waals surface area contributed by atoms with Gasteiger partial charge in [0.15, 0.2) is 11.5 Å². The summed E-state index contributed by atoms with van der Waals surface area (Å²) in [5.74, 6) is 1.54. The van der Waals surface area contributed by atoms with Gasteiger partial charge in [0.05, 0.1) is 11.7 Å². The van der Waals surface area contributed by atoms with Crippen LogP contribution in [0.1, 0.15) is 24.4 Å². The van der Waals surface area contributed by atoms with Crippen LogP contribution in [0.4, 0.5) is 10.5 Å². The van der Waals surface area contributed by atoms with Gasteiger partial charge in [-0.05, 0) is 42.0 Å². The first-order chi connectivity index (χ1) is 10.8. The lowest BCUT2D eigenvalue weighted by Crippen LogP contribution is -2.34. The molecule has 2 aromatic rings. The fraction of sp³-hybridized carbons (Fsp3) is 0.312. The summed E-state index contributed by atoms with van der Waals surface area (Å²) in [6, 6.07) is 7.89. The van der Waals surface area contributed by atoms with Crippen LogP contribution in [0.2, 0.25) is 0 Å². The van der Waals surface area contributed by atoms with Gasteiger partial charge in [0.2, 0.25) is 6.79 Å². The van der Waals surface area contributed by atoms with E-state index in [0.29, 0.717) is 0 Å². The molecule has 0 saturated carbocycles. The average Bonchev–Trinajstić information content (AvgIpc) is 3.27. The Morgan fingerprint density at radius 1 is 1.27 bits per heavy atom. The highest BCUT2D eigenvalue weighted by Gasteiger charge is 2.31. The second-order valence-electron chi connectivity index (χ2n) is 5.41. The zero-order valence-electron chi connectivity index (χ0n) is 12.0. The maximum absolute atomic E-state index is 12.5. The smallest absolute Gasteiger partial charge is 0.322 e. The minimum Gasteiger partial charge on any atom is -0.454 e. The second kappa shape index (κ2) is 5.53. The van der Waals surface area contributed by atoms with Crippen molar-refractivity contribution in [3.63, 3.8) is 0 Å². The molecule has 0 bridgehead atoms. The molecule has 5 nitrogen and oxygen atoms in total. The molecule has 0 spiro atoms. The number of fused-ring (bicyclic) bond motifs is 1. The topological polar surface area (TPSA) is 50.8 Å². The van der Waals surface area contributed by atoms with Crippen LogP contribution in [0.5, 0.6) is 11.5 Å². The molecular formula is C16H16N2O3S. The van der Waals surface area contributed by atoms with Crippen molar-refractivity contribution in [1.82, 2.24) is 4.90 Å². The summed E-state index contributed by atoms with van der Waals surface area (Å²) in [4.78, 5) is 14.4. The van der Waals surface area contributed by atoms with Gasteiger partial charge in [-0.15, -0.1) is 0 Å². The second-order valence-corrected chi connectivity index (χ2v) is 6.19. The number of nitrogens with zero attached hydrogens (tertiary/aromatic N) is 1. The number of likely N-dealkylation sites (tertiary alicyclic amines) is 1. The third-order valence-electron chi connectivity index (χ3n) is 4.07. The van der Waals surface area contributed by atoms with Gasteiger partial charge in [-0.25, -0.2) is 4.79 Å². The summed E-state index contributed by atoms with van der Waals surface area (Å²) < 4.78 is 10.8. The van der Waals surface area contributed by atoms with Gasteiger partial charge in [-0.1, -0.05) is 6.07 Å². The molecule has 1 N–H and O–H groups in total. The van der Waals surface area contributed by atoms with Gasteiger partial charge in [0.1, 0.15) is 0 Å². The fourth-order valence-electron chi connectivity index (χ4n) is 3.01. The molecule has 1 atom stereocenters. The van der Waals surface area contributed by atoms with Crippen molar-refractivity contribution >= 4 is 23.1 Å². The van der Waals surface area contributed by atoms with E-state index in [1.165, 1.54) is 0 Å². The number of rotatable bonds is 2. The van der Waals surface area contributed by atoms with Crippen molar-refractivity contribution in [3.8, 4) is 11.5 Å². The first-order valence-electron chi connectivity index (χ1n) is 7.30. The van der Waals surface area contributed by atoms with Crippen LogP contribution in [-0.4, -0.2) is 24.3 Å². The summed E-state index contributed by atoms with van der Waals surface area (Å²) in [7, 11) is 0. The van der Waals surface area contributed by atoms with Crippen LogP contribution in [0.3, 0.4) is 0 Å². The SMILES string of the molecule is O=C(Nc1ccsc1)N1CCCC1c1ccc2c(c1)OCO2. The molecule has 3 heterocycles. The van der Waals surface area contributed by atoms with Gasteiger partial charge in [0.25, 0.3) is 0 Å². The highest BCUT2D eigenvalue weighted by atomic mass is 32.1. The van der Waals surface area contributed by atoms with E-state index in [2.05, 4.69) is 5.32 Å². The van der Waals surface area contributed by atoms with Gasteiger partial charge in [-0.2, -0.15) is 11.3 Å². The standard InChI is InChI=1S/C16H16N2O3S/c19-16(17-12-5-7-22-9-12)18-6-1-2-13(18)11-3-4-14-15(8-11)21-10-20-14/h3-5,7-9,13H,1-2,6,10H2,(H,17,19). The molecular weight excluding hydrogens is 300 g/mol. The summed E-state index contributed by atoms with van der Waals surface area (Å²) in [5.41, 5.74) is 1.95. The minimum absolute atomic E-state index is 0.0430. The molecule has 2 aliphatic rings. The summed E-state index contributed by atoms with van der Waals surface area (Å²) in [5, 5.41) is 6.84. The zero-order chi connectivity index (χ0) is 14.9. The predicted molar refractivity (Wildman–Crippen MR) is 84.6 cm³/mol. The number of amides is 2. The molecule has 22 heavy (non-hydrogen) atoms. The van der Waals surface area contributed by atoms with E-state index in [1.807, 2.05) is 39.9 Å². The maximum Gasteiger partial charge on any atom is 0.322 e. The number of ether oxygens (including phenoxy) is 2. The highest BCUT2D eigenvalue weighted by molar-refractivity contribution is 7.08. The predicted octanol–water partition coefficient (Wildman–Crippen LogP) is 3.85. The van der Waals surface area contributed by atoms with E-state index in [4.69, 9.17) is 9.47 Å². The molecule has 114 valence electrons. The average molecular weight is 316 g/mol. The molecule has 0 aliphatic carbocycles. The molecule has 4 rings (SSSR count). The Hall–Kier alpha value is -2.21. The van der Waals surface area contributed by atoms with Crippen molar-refractivity contribution in [2.24, 2.45) is 0 Å². The summed E-state index contributed by atoms with van der Waals surface area (Å²) in [6.07, 6.45) is 1.98. The van der Waals surface area contributed by atoms with Crippen molar-refractivity contribution in [2.45, 2.75) is 18.9 Å². The molecule has 1 unspecified atom stereocenters. The summed E-state index contributed by atoms with van der Waals surface area (Å²) in [6.45, 7) is 1.04. The van der Waals surface area contributed by atoms with Crippen LogP contribution >= 0.6 is 11.3 Å². The van der Waals surface area contributed by atoms with E-state index < -0.39 is 0 Å². The Morgan fingerprint density at radius 3 is 3.05 bits per heavy atom. The molecule has 2 aliphatic heterocycles. The maximum atomic E-state index is 12.5. The Balaban J connectivity index is 1.54. The number of anilines is 1. The van der Waals surface area contributed by atoms with Crippen LogP contribution in [0, 0.1) is 0 Å². The van der Waals surface area contributed by atoms with E-state index in [9.17, 15) is 4.79 Å². The fourth-order valence-corrected chi connectivity index (χ4v) is 3.60. The van der Waals surface area contributed by atoms with Gasteiger partial charge >= 0.3 is 6.03 Å². The lowest BCUT2D eigenvalue weighted by Gasteiger charge is -2.25. The van der Waals surface area contributed by atoms with Crippen molar-refractivity contribution < 1.29 is 14.3 Å². The Bertz CT molecular complexity index is 687. The van der Waals surface area contributed by atoms with Gasteiger partial charge in [0, 0.05) is 11.9 Å². The van der Waals surface area contributed by atoms with Gasteiger partial charge in [-0.3, -0.25) is 0 Å². The zero-order valence-corrected chi connectivity index (χ0v) is 12.8. The lowest BCUT2D eigenvalue weighted by atomic mass is 10.0. The molecule has 1 fully saturated rings. The first kappa shape index (κ1) is 13.5. The van der Waals surface area contributed by atoms with Crippen LogP contribution in [0.25, 0.3) is 0 Å². The monoisotopic (exact) mass is 316 g/mol. The Labute approximate surface area is 132 Å². The van der Waals surface area contributed by atoms with Gasteiger partial charge < -0.3 is 19.7 Å². The number of benzene rings is 1. The van der Waals surface area contributed by atoms with Crippen LogP contribution in [-0.2, 0) is 0 Å². The number of hydrogen-bond acceptors (Lipinski definition) is 4. The minimum atomic E-state index is -0.0430. The quantitative estimate of drug-likeness (QED) is 0.915. The Morgan fingerprint density at radius 2 is 2.18 bits per heavy atom. The molecule has 0 radical (unpaired) electrons. The number of thiophene rings is 1. The van der Waals surface area contributed by atoms with Crippen molar-refractivity contribution in [3.05, 3.63) is 40.6 Å². The molecule has 1 saturated heterocycles. The van der Waals surface area contributed by atoms with E-state index in [0.717, 1.165) is 42.1 Å². The van der Waals surface area contributed by atoms with Crippen LogP contribution < -0.4 is 14.8 Å². The van der Waals surface area contributed by atoms with E-state index in [-0.39, 0.29) is 18.9 Å². The number of carbonyl (C=O) groups excluding carboxylic acids is 1. The first-order valence-corrected chi connectivity index (χ1v) is 8.25. The third-order valence-corrected chi connectivity index (χ3v) is 4.75. The van der Waals surface area contributed by atoms with Crippen molar-refractivity contribution in [2.75, 3.05) is 18.7 Å². The number of nitrogens with one attached hydrogen (secondary N) is 1. The number of urea groups is 1. The molecule has 6 heteroatoms. The van der Waals surface area contributed by atoms with Crippen LogP contribution in [0.15, 0.2) is 35.0 Å². The lowest BCUT2D eigenvalue weighted by molar-refractivity contribution is 0.173. The molecule has 1 aromatic carbocycles. The van der Waals surface area contributed by atoms with E-state index >= 15 is 0 Å². The largest absolute Gasteiger partial charge is 0.454 e. The third kappa shape index (κ3) is 2.39. The number of hydrogen-bond donors (Lipinski definition) is 1. The number of carbonyl (C=O) groups is 1. The molecule has 1 aromatic heterocycles. The van der Waals surface area contributed by atoms with E-state index in [1.54, 1.807) is 11.3 Å². The Kier molecular flexibility index (Phi) is 3.38.